The number of benzene rings is 1. The summed E-state index contributed by atoms with van der Waals surface area (Å²) in [6.07, 6.45) is 9.07. The van der Waals surface area contributed by atoms with Crippen molar-refractivity contribution in [2.45, 2.75) is 50.5 Å². The average Bonchev–Trinajstić information content (AvgIpc) is 2.38. The highest BCUT2D eigenvalue weighted by atomic mass is 32.2. The van der Waals surface area contributed by atoms with Gasteiger partial charge in [0, 0.05) is 0 Å². The van der Waals surface area contributed by atoms with E-state index in [9.17, 15) is 4.21 Å². The van der Waals surface area contributed by atoms with Gasteiger partial charge < -0.3 is 0 Å². The average molecular weight is 264 g/mol. The lowest BCUT2D eigenvalue weighted by atomic mass is 10.1. The summed E-state index contributed by atoms with van der Waals surface area (Å²) in [7, 11) is 0. The van der Waals surface area contributed by atoms with Gasteiger partial charge in [0.05, 0.1) is 4.90 Å². The summed E-state index contributed by atoms with van der Waals surface area (Å²) in [5, 5.41) is 0. The molecule has 0 aliphatic rings. The molecular formula is C15H20O2S. The van der Waals surface area contributed by atoms with Crippen molar-refractivity contribution in [2.75, 3.05) is 0 Å². The van der Waals surface area contributed by atoms with Crippen molar-refractivity contribution < 1.29 is 8.39 Å². The Kier molecular flexibility index (Phi) is 6.70. The summed E-state index contributed by atoms with van der Waals surface area (Å²) in [6.45, 7) is 4.12. The van der Waals surface area contributed by atoms with E-state index >= 15 is 0 Å². The third-order valence-corrected chi connectivity index (χ3v) is 3.74. The molecule has 0 radical (unpaired) electrons. The van der Waals surface area contributed by atoms with E-state index in [-0.39, 0.29) is 6.10 Å². The lowest BCUT2D eigenvalue weighted by Gasteiger charge is -2.10. The van der Waals surface area contributed by atoms with E-state index in [2.05, 4.69) is 12.8 Å². The second-order valence-corrected chi connectivity index (χ2v) is 5.43. The molecule has 0 amide bonds. The topological polar surface area (TPSA) is 26.3 Å². The van der Waals surface area contributed by atoms with Crippen molar-refractivity contribution in [3.8, 4) is 12.3 Å². The second-order valence-electron chi connectivity index (χ2n) is 4.30. The van der Waals surface area contributed by atoms with Gasteiger partial charge in [-0.2, -0.15) is 0 Å². The van der Waals surface area contributed by atoms with Gasteiger partial charge in [0.25, 0.3) is 0 Å². The molecule has 1 unspecified atom stereocenters. The predicted molar refractivity (Wildman–Crippen MR) is 75.4 cm³/mol. The first-order chi connectivity index (χ1) is 8.67. The van der Waals surface area contributed by atoms with Gasteiger partial charge in [0.1, 0.15) is 6.10 Å². The maximum absolute atomic E-state index is 12.0. The molecular weight excluding hydrogens is 244 g/mol. The highest BCUT2D eigenvalue weighted by Gasteiger charge is 2.12. The predicted octanol–water partition coefficient (Wildman–Crippen LogP) is 3.62. The summed E-state index contributed by atoms with van der Waals surface area (Å²) in [5.74, 6) is 2.56. The van der Waals surface area contributed by atoms with Crippen LogP contribution < -0.4 is 0 Å². The number of rotatable bonds is 7. The molecule has 0 bridgehead atoms. The summed E-state index contributed by atoms with van der Waals surface area (Å²) < 4.78 is 17.4. The van der Waals surface area contributed by atoms with E-state index in [1.165, 1.54) is 0 Å². The summed E-state index contributed by atoms with van der Waals surface area (Å²) >= 11 is -1.47. The first-order valence-corrected chi connectivity index (χ1v) is 7.36. The SMILES string of the molecule is C#C[C@H](CCCCC)OS(=O)c1ccc(C)cc1. The molecule has 0 aliphatic carbocycles. The molecule has 0 N–H and O–H groups in total. The van der Waals surface area contributed by atoms with Crippen molar-refractivity contribution in [2.24, 2.45) is 0 Å². The van der Waals surface area contributed by atoms with Crippen LogP contribution in [0.5, 0.6) is 0 Å². The van der Waals surface area contributed by atoms with Gasteiger partial charge in [-0.3, -0.25) is 4.18 Å². The third-order valence-electron chi connectivity index (χ3n) is 2.67. The molecule has 0 spiro atoms. The fraction of sp³-hybridized carbons (Fsp3) is 0.467. The van der Waals surface area contributed by atoms with Crippen molar-refractivity contribution in [3.63, 3.8) is 0 Å². The zero-order valence-electron chi connectivity index (χ0n) is 11.0. The molecule has 1 aromatic rings. The van der Waals surface area contributed by atoms with Crippen LogP contribution in [0.3, 0.4) is 0 Å². The van der Waals surface area contributed by atoms with Crippen molar-refractivity contribution in [1.82, 2.24) is 0 Å². The minimum absolute atomic E-state index is 0.362. The summed E-state index contributed by atoms with van der Waals surface area (Å²) in [4.78, 5) is 0.663. The van der Waals surface area contributed by atoms with E-state index < -0.39 is 11.1 Å². The van der Waals surface area contributed by atoms with Crippen molar-refractivity contribution in [1.29, 1.82) is 0 Å². The molecule has 1 aromatic carbocycles. The van der Waals surface area contributed by atoms with Gasteiger partial charge in [-0.1, -0.05) is 43.4 Å². The molecule has 98 valence electrons. The van der Waals surface area contributed by atoms with Gasteiger partial charge in [0.2, 0.25) is 0 Å². The molecule has 2 nitrogen and oxygen atoms in total. The zero-order valence-corrected chi connectivity index (χ0v) is 11.8. The summed E-state index contributed by atoms with van der Waals surface area (Å²) in [5.41, 5.74) is 1.13. The molecule has 0 aliphatic heterocycles. The van der Waals surface area contributed by atoms with Crippen LogP contribution in [0.1, 0.15) is 38.2 Å². The van der Waals surface area contributed by atoms with Crippen LogP contribution in [0.4, 0.5) is 0 Å². The van der Waals surface area contributed by atoms with Crippen LogP contribution >= 0.6 is 0 Å². The molecule has 0 heterocycles. The van der Waals surface area contributed by atoms with Crippen LogP contribution in [-0.2, 0) is 15.3 Å². The highest BCUT2D eigenvalue weighted by molar-refractivity contribution is 7.80. The fourth-order valence-corrected chi connectivity index (χ4v) is 2.38. The van der Waals surface area contributed by atoms with Gasteiger partial charge in [-0.05, 0) is 31.9 Å². The first kappa shape index (κ1) is 14.9. The molecule has 0 saturated carbocycles. The van der Waals surface area contributed by atoms with Gasteiger partial charge in [-0.15, -0.1) is 6.42 Å². The minimum atomic E-state index is -1.47. The first-order valence-electron chi connectivity index (χ1n) is 6.29. The molecule has 0 aromatic heterocycles. The Bertz CT molecular complexity index is 417. The van der Waals surface area contributed by atoms with Crippen LogP contribution in [0.2, 0.25) is 0 Å². The maximum atomic E-state index is 12.0. The minimum Gasteiger partial charge on any atom is -0.270 e. The highest BCUT2D eigenvalue weighted by Crippen LogP contribution is 2.14. The lowest BCUT2D eigenvalue weighted by Crippen LogP contribution is -2.12. The Morgan fingerprint density at radius 1 is 1.33 bits per heavy atom. The molecule has 18 heavy (non-hydrogen) atoms. The molecule has 0 fully saturated rings. The lowest BCUT2D eigenvalue weighted by molar-refractivity contribution is 0.268. The van der Waals surface area contributed by atoms with Crippen LogP contribution in [0.25, 0.3) is 0 Å². The van der Waals surface area contributed by atoms with Crippen LogP contribution in [0.15, 0.2) is 29.2 Å². The van der Waals surface area contributed by atoms with E-state index in [1.807, 2.05) is 31.2 Å². The number of hydrogen-bond acceptors (Lipinski definition) is 2. The fourth-order valence-electron chi connectivity index (χ4n) is 1.55. The normalized spacial score (nSPS) is 13.8. The maximum Gasteiger partial charge on any atom is 0.190 e. The Morgan fingerprint density at radius 2 is 2.00 bits per heavy atom. The Balaban J connectivity index is 2.52. The number of terminal acetylenes is 1. The van der Waals surface area contributed by atoms with Crippen LogP contribution in [0, 0.1) is 19.3 Å². The standard InChI is InChI=1S/C15H20O2S/c1-4-6-7-8-14(5-2)17-18(16)15-11-9-13(3)10-12-15/h2,9-12,14H,4,6-8H2,1,3H3/t14-,18?/m1/s1. The smallest absolute Gasteiger partial charge is 0.190 e. The Hall–Kier alpha value is -1.11. The Morgan fingerprint density at radius 3 is 2.56 bits per heavy atom. The van der Waals surface area contributed by atoms with Gasteiger partial charge in [-0.25, -0.2) is 4.21 Å². The number of hydrogen-bond donors (Lipinski definition) is 0. The van der Waals surface area contributed by atoms with Crippen molar-refractivity contribution >= 4 is 11.1 Å². The van der Waals surface area contributed by atoms with E-state index in [1.54, 1.807) is 0 Å². The molecule has 3 heteroatoms. The number of aryl methyl sites for hydroxylation is 1. The van der Waals surface area contributed by atoms with Gasteiger partial charge >= 0.3 is 0 Å². The third kappa shape index (κ3) is 5.03. The zero-order chi connectivity index (χ0) is 13.4. The van der Waals surface area contributed by atoms with Crippen molar-refractivity contribution in [3.05, 3.63) is 29.8 Å². The van der Waals surface area contributed by atoms with E-state index in [0.29, 0.717) is 4.90 Å². The molecule has 2 atom stereocenters. The largest absolute Gasteiger partial charge is 0.270 e. The van der Waals surface area contributed by atoms with E-state index in [0.717, 1.165) is 31.2 Å². The monoisotopic (exact) mass is 264 g/mol. The number of unbranched alkanes of at least 4 members (excludes halogenated alkanes) is 2. The molecule has 0 saturated heterocycles. The molecule has 1 rings (SSSR count). The quantitative estimate of drug-likeness (QED) is 0.555. The summed E-state index contributed by atoms with van der Waals surface area (Å²) in [6, 6.07) is 7.45. The van der Waals surface area contributed by atoms with Gasteiger partial charge in [0.15, 0.2) is 11.1 Å². The van der Waals surface area contributed by atoms with Crippen LogP contribution in [-0.4, -0.2) is 10.3 Å². The Labute approximate surface area is 112 Å². The van der Waals surface area contributed by atoms with E-state index in [4.69, 9.17) is 10.6 Å². The second kappa shape index (κ2) is 8.07.